The van der Waals surface area contributed by atoms with Gasteiger partial charge in [-0.15, -0.1) is 0 Å². The van der Waals surface area contributed by atoms with Crippen LogP contribution in [0.1, 0.15) is 107 Å². The van der Waals surface area contributed by atoms with Crippen LogP contribution in [0.2, 0.25) is 0 Å². The van der Waals surface area contributed by atoms with Crippen LogP contribution in [-0.4, -0.2) is 67.6 Å². The molecule has 0 spiro atoms. The van der Waals surface area contributed by atoms with Crippen molar-refractivity contribution in [2.75, 3.05) is 49.2 Å². The van der Waals surface area contributed by atoms with Gasteiger partial charge in [-0.25, -0.2) is 0 Å². The molecule has 0 aliphatic heterocycles. The smallest absolute Gasteiger partial charge is 0.0870 e. The minimum Gasteiger partial charge on any atom is -0.264 e. The van der Waals surface area contributed by atoms with Gasteiger partial charge >= 0.3 is 0 Å². The van der Waals surface area contributed by atoms with E-state index in [1.807, 2.05) is 0 Å². The lowest BCUT2D eigenvalue weighted by molar-refractivity contribution is 0.430. The SMILES string of the molecule is CCCN(CCC)C(SSC(N(CCC)CCC)=S(CCC)CCC)=S(CCC)CCC. The molecule has 0 N–H and O–H groups in total. The van der Waals surface area contributed by atoms with Gasteiger partial charge in [-0.1, -0.05) is 55.4 Å². The predicted molar refractivity (Wildman–Crippen MR) is 165 cm³/mol. The van der Waals surface area contributed by atoms with Crippen molar-refractivity contribution in [3.63, 3.8) is 0 Å². The van der Waals surface area contributed by atoms with E-state index in [0.717, 1.165) is 0 Å². The summed E-state index contributed by atoms with van der Waals surface area (Å²) >= 11 is 0. The molecule has 0 radical (unpaired) electrons. The van der Waals surface area contributed by atoms with Gasteiger partial charge in [-0.2, -0.15) is 21.0 Å². The first-order valence-electron chi connectivity index (χ1n) is 13.5. The van der Waals surface area contributed by atoms with Crippen LogP contribution in [0.5, 0.6) is 0 Å². The average molecular weight is 525 g/mol. The lowest BCUT2D eigenvalue weighted by Gasteiger charge is -2.30. The lowest BCUT2D eigenvalue weighted by Crippen LogP contribution is -2.33. The van der Waals surface area contributed by atoms with Gasteiger partial charge < -0.3 is 0 Å². The first-order chi connectivity index (χ1) is 15.6. The van der Waals surface area contributed by atoms with E-state index < -0.39 is 0 Å². The third-order valence-corrected chi connectivity index (χ3v) is 14.7. The molecule has 194 valence electrons. The van der Waals surface area contributed by atoms with E-state index in [1.54, 1.807) is 8.64 Å². The summed E-state index contributed by atoms with van der Waals surface area (Å²) in [4.78, 5) is 5.54. The third-order valence-electron chi connectivity index (χ3n) is 4.97. The summed E-state index contributed by atoms with van der Waals surface area (Å²) in [5.74, 6) is 5.44. The van der Waals surface area contributed by atoms with Gasteiger partial charge in [0.25, 0.3) is 0 Å². The van der Waals surface area contributed by atoms with E-state index in [9.17, 15) is 0 Å². The Kier molecular flexibility index (Phi) is 23.3. The molecule has 0 saturated heterocycles. The van der Waals surface area contributed by atoms with Gasteiger partial charge in [0.1, 0.15) is 0 Å². The van der Waals surface area contributed by atoms with Crippen LogP contribution in [0, 0.1) is 0 Å². The molecule has 6 heteroatoms. The maximum Gasteiger partial charge on any atom is 0.0870 e. The molecule has 0 amide bonds. The van der Waals surface area contributed by atoms with Gasteiger partial charge in [-0.05, 0) is 96.0 Å². The van der Waals surface area contributed by atoms with Crippen LogP contribution >= 0.6 is 42.6 Å². The van der Waals surface area contributed by atoms with Crippen molar-refractivity contribution in [1.82, 2.24) is 9.80 Å². The molecule has 2 nitrogen and oxygen atoms in total. The molecular formula is C26H56N2S4. The Balaban J connectivity index is 6.25. The Morgan fingerprint density at radius 2 is 0.688 bits per heavy atom. The Labute approximate surface area is 216 Å². The van der Waals surface area contributed by atoms with Crippen molar-refractivity contribution >= 4 is 51.2 Å². The summed E-state index contributed by atoms with van der Waals surface area (Å²) in [5, 5.41) is 0. The number of nitrogens with zero attached hydrogens (tertiary/aromatic N) is 2. The number of hydrogen-bond acceptors (Lipinski definition) is 2. The van der Waals surface area contributed by atoms with Crippen LogP contribution in [-0.2, 0) is 0 Å². The molecular weight excluding hydrogens is 469 g/mol. The molecule has 0 heterocycles. The average Bonchev–Trinajstić information content (AvgIpc) is 2.77. The number of rotatable bonds is 16. The summed E-state index contributed by atoms with van der Waals surface area (Å²) in [6, 6.07) is 0. The maximum atomic E-state index is 2.77. The quantitative estimate of drug-likeness (QED) is 0.147. The summed E-state index contributed by atoms with van der Waals surface area (Å²) in [5.41, 5.74) is 0. The first kappa shape index (κ1) is 33.1. The zero-order valence-electron chi connectivity index (χ0n) is 22.8. The molecule has 0 saturated carbocycles. The molecule has 0 rings (SSSR count). The largest absolute Gasteiger partial charge is 0.264 e. The van der Waals surface area contributed by atoms with E-state index in [0.29, 0.717) is 21.0 Å². The first-order valence-corrected chi connectivity index (χ1v) is 18.8. The molecule has 0 bridgehead atoms. The second-order valence-electron chi connectivity index (χ2n) is 8.47. The summed E-state index contributed by atoms with van der Waals surface area (Å²) in [7, 11) is 5.14. The topological polar surface area (TPSA) is 6.48 Å². The molecule has 0 aromatic carbocycles. The van der Waals surface area contributed by atoms with Crippen molar-refractivity contribution in [1.29, 1.82) is 0 Å². The fourth-order valence-corrected chi connectivity index (χ4v) is 13.9. The molecule has 0 aliphatic rings. The van der Waals surface area contributed by atoms with Crippen molar-refractivity contribution < 1.29 is 0 Å². The van der Waals surface area contributed by atoms with E-state index in [-0.39, 0.29) is 0 Å². The predicted octanol–water partition coefficient (Wildman–Crippen LogP) is 8.96. The maximum absolute atomic E-state index is 2.77. The summed E-state index contributed by atoms with van der Waals surface area (Å²) < 4.78 is 3.42. The second kappa shape index (κ2) is 22.5. The van der Waals surface area contributed by atoms with Gasteiger partial charge in [0, 0.05) is 26.2 Å². The Bertz CT molecular complexity index is 446. The van der Waals surface area contributed by atoms with E-state index in [2.05, 4.69) is 86.8 Å². The highest BCUT2D eigenvalue weighted by molar-refractivity contribution is 8.90. The summed E-state index contributed by atoms with van der Waals surface area (Å²) in [6.45, 7) is 23.7. The fraction of sp³-hybridized carbons (Fsp3) is 0.923. The van der Waals surface area contributed by atoms with Gasteiger partial charge in [0.05, 0.1) is 8.64 Å². The zero-order valence-corrected chi connectivity index (χ0v) is 26.1. The highest BCUT2D eigenvalue weighted by atomic mass is 33.1. The summed E-state index contributed by atoms with van der Waals surface area (Å²) in [6.07, 6.45) is 10.2. The minimum absolute atomic E-state index is 0.403. The van der Waals surface area contributed by atoms with Crippen LogP contribution in [0.15, 0.2) is 0 Å². The van der Waals surface area contributed by atoms with Crippen molar-refractivity contribution in [2.24, 2.45) is 0 Å². The molecule has 0 aliphatic carbocycles. The highest BCUT2D eigenvalue weighted by Crippen LogP contribution is 2.39. The fourth-order valence-electron chi connectivity index (χ4n) is 3.85. The molecule has 0 unspecified atom stereocenters. The molecule has 32 heavy (non-hydrogen) atoms. The van der Waals surface area contributed by atoms with E-state index in [4.69, 9.17) is 0 Å². The molecule has 0 fully saturated rings. The van der Waals surface area contributed by atoms with Crippen LogP contribution < -0.4 is 0 Å². The molecule has 0 aromatic heterocycles. The van der Waals surface area contributed by atoms with Crippen molar-refractivity contribution in [2.45, 2.75) is 107 Å². The van der Waals surface area contributed by atoms with Crippen molar-refractivity contribution in [3.05, 3.63) is 0 Å². The van der Waals surface area contributed by atoms with Crippen molar-refractivity contribution in [3.8, 4) is 0 Å². The minimum atomic E-state index is 0.403. The van der Waals surface area contributed by atoms with Crippen LogP contribution in [0.25, 0.3) is 0 Å². The number of hydrogen-bond donors (Lipinski definition) is 0. The Morgan fingerprint density at radius 3 is 0.875 bits per heavy atom. The van der Waals surface area contributed by atoms with Crippen LogP contribution in [0.4, 0.5) is 0 Å². The normalized spacial score (nSPS) is 12.0. The molecule has 0 atom stereocenters. The van der Waals surface area contributed by atoms with E-state index >= 15 is 0 Å². The zero-order chi connectivity index (χ0) is 24.2. The highest BCUT2D eigenvalue weighted by Gasteiger charge is 2.20. The molecule has 0 aromatic rings. The monoisotopic (exact) mass is 524 g/mol. The van der Waals surface area contributed by atoms with Crippen LogP contribution in [0.3, 0.4) is 0 Å². The standard InChI is InChI=1S/C26H56N2S4/c1-9-17-27(18-10-2)25(31(21-13-5)22-14-6)29-30-26(28(19-11-3)20-12-4)32(23-15-7)24-16-8/h9-24H2,1-8H3. The lowest BCUT2D eigenvalue weighted by atomic mass is 10.4. The Morgan fingerprint density at radius 1 is 0.438 bits per heavy atom. The van der Waals surface area contributed by atoms with Gasteiger partial charge in [0.15, 0.2) is 0 Å². The van der Waals surface area contributed by atoms with Gasteiger partial charge in [-0.3, -0.25) is 9.80 Å². The van der Waals surface area contributed by atoms with E-state index in [1.165, 1.54) is 101 Å². The second-order valence-corrected chi connectivity index (χ2v) is 15.5. The Hall–Kier alpha value is 1.06. The third kappa shape index (κ3) is 13.2. The van der Waals surface area contributed by atoms with Gasteiger partial charge in [0.2, 0.25) is 0 Å².